The first kappa shape index (κ1) is 13.6. The Bertz CT molecular complexity index is 324. The molecule has 1 unspecified atom stereocenters. The third-order valence-electron chi connectivity index (χ3n) is 4.99. The minimum Gasteiger partial charge on any atom is -0.469 e. The number of ketones is 1. The number of rotatable bonds is 1. The number of esters is 1. The summed E-state index contributed by atoms with van der Waals surface area (Å²) in [6.45, 7) is 2.14. The standard InChI is InChI=1S/C15H24O3/c1-10-11-6-3-4-7-13(11)14(16)9-5-8-12(10)15(17)18-2/h10-13H,3-9H2,1-2H3/t10?,11-,12-,13-/m0/s1. The summed E-state index contributed by atoms with van der Waals surface area (Å²) in [6, 6.07) is 0. The van der Waals surface area contributed by atoms with Gasteiger partial charge in [-0.15, -0.1) is 0 Å². The van der Waals surface area contributed by atoms with Crippen LogP contribution in [0.2, 0.25) is 0 Å². The van der Waals surface area contributed by atoms with E-state index < -0.39 is 0 Å². The van der Waals surface area contributed by atoms with E-state index in [0.717, 1.165) is 25.7 Å². The Kier molecular flexibility index (Phi) is 4.41. The highest BCUT2D eigenvalue weighted by molar-refractivity contribution is 5.82. The monoisotopic (exact) mass is 252 g/mol. The normalized spacial score (nSPS) is 37.3. The zero-order chi connectivity index (χ0) is 13.1. The third kappa shape index (κ3) is 2.60. The van der Waals surface area contributed by atoms with Crippen molar-refractivity contribution in [3.63, 3.8) is 0 Å². The predicted molar refractivity (Wildman–Crippen MR) is 69.0 cm³/mol. The fourth-order valence-corrected chi connectivity index (χ4v) is 3.92. The van der Waals surface area contributed by atoms with Gasteiger partial charge in [0.2, 0.25) is 0 Å². The van der Waals surface area contributed by atoms with Crippen molar-refractivity contribution in [2.24, 2.45) is 23.7 Å². The molecule has 0 saturated heterocycles. The van der Waals surface area contributed by atoms with Crippen molar-refractivity contribution in [1.29, 1.82) is 0 Å². The molecule has 18 heavy (non-hydrogen) atoms. The zero-order valence-electron chi connectivity index (χ0n) is 11.5. The summed E-state index contributed by atoms with van der Waals surface area (Å²) >= 11 is 0. The number of carbonyl (C=O) groups is 2. The molecule has 0 aliphatic heterocycles. The molecule has 0 heterocycles. The Morgan fingerprint density at radius 1 is 1.17 bits per heavy atom. The Balaban J connectivity index is 2.18. The van der Waals surface area contributed by atoms with Gasteiger partial charge in [0, 0.05) is 12.3 Å². The second-order valence-electron chi connectivity index (χ2n) is 5.90. The number of fused-ring (bicyclic) bond motifs is 1. The van der Waals surface area contributed by atoms with E-state index in [1.54, 1.807) is 0 Å². The lowest BCUT2D eigenvalue weighted by molar-refractivity contribution is -0.150. The fraction of sp³-hybridized carbons (Fsp3) is 0.867. The van der Waals surface area contributed by atoms with Gasteiger partial charge in [-0.25, -0.2) is 0 Å². The van der Waals surface area contributed by atoms with Crippen LogP contribution in [0.4, 0.5) is 0 Å². The van der Waals surface area contributed by atoms with Gasteiger partial charge in [0.05, 0.1) is 13.0 Å². The molecule has 2 aliphatic rings. The largest absolute Gasteiger partial charge is 0.469 e. The van der Waals surface area contributed by atoms with Crippen LogP contribution in [0.3, 0.4) is 0 Å². The number of hydrogen-bond acceptors (Lipinski definition) is 3. The summed E-state index contributed by atoms with van der Waals surface area (Å²) in [4.78, 5) is 24.1. The van der Waals surface area contributed by atoms with Crippen molar-refractivity contribution in [2.45, 2.75) is 51.9 Å². The average Bonchev–Trinajstić information content (AvgIpc) is 2.40. The van der Waals surface area contributed by atoms with Crippen molar-refractivity contribution in [3.8, 4) is 0 Å². The highest BCUT2D eigenvalue weighted by Gasteiger charge is 2.40. The van der Waals surface area contributed by atoms with Gasteiger partial charge in [0.25, 0.3) is 0 Å². The van der Waals surface area contributed by atoms with E-state index in [1.165, 1.54) is 20.0 Å². The molecule has 3 heteroatoms. The van der Waals surface area contributed by atoms with Gasteiger partial charge in [0.1, 0.15) is 5.78 Å². The molecule has 2 saturated carbocycles. The Hall–Kier alpha value is -0.860. The number of Topliss-reactive ketones (excluding diaryl/α,β-unsaturated/α-hetero) is 1. The molecule has 0 aromatic heterocycles. The van der Waals surface area contributed by atoms with Crippen molar-refractivity contribution in [3.05, 3.63) is 0 Å². The number of carbonyl (C=O) groups excluding carboxylic acids is 2. The lowest BCUT2D eigenvalue weighted by Crippen LogP contribution is -2.39. The minimum atomic E-state index is -0.0822. The van der Waals surface area contributed by atoms with Crippen LogP contribution in [0.15, 0.2) is 0 Å². The van der Waals surface area contributed by atoms with Gasteiger partial charge in [-0.1, -0.05) is 19.8 Å². The topological polar surface area (TPSA) is 43.4 Å². The van der Waals surface area contributed by atoms with Crippen LogP contribution in [0.1, 0.15) is 51.9 Å². The molecule has 0 spiro atoms. The van der Waals surface area contributed by atoms with E-state index >= 15 is 0 Å². The van der Waals surface area contributed by atoms with E-state index in [2.05, 4.69) is 6.92 Å². The Morgan fingerprint density at radius 2 is 1.89 bits per heavy atom. The third-order valence-corrected chi connectivity index (χ3v) is 4.99. The van der Waals surface area contributed by atoms with Crippen LogP contribution in [-0.4, -0.2) is 18.9 Å². The second-order valence-corrected chi connectivity index (χ2v) is 5.90. The number of hydrogen-bond donors (Lipinski definition) is 0. The van der Waals surface area contributed by atoms with Crippen molar-refractivity contribution in [2.75, 3.05) is 7.11 Å². The first-order valence-corrected chi connectivity index (χ1v) is 7.25. The summed E-state index contributed by atoms with van der Waals surface area (Å²) < 4.78 is 4.94. The number of methoxy groups -OCH3 is 1. The summed E-state index contributed by atoms with van der Waals surface area (Å²) in [5.74, 6) is 1.24. The van der Waals surface area contributed by atoms with E-state index in [1.807, 2.05) is 0 Å². The van der Waals surface area contributed by atoms with Crippen LogP contribution in [-0.2, 0) is 14.3 Å². The molecule has 2 rings (SSSR count). The summed E-state index contributed by atoms with van der Waals surface area (Å²) in [5, 5.41) is 0. The van der Waals surface area contributed by atoms with Crippen molar-refractivity contribution >= 4 is 11.8 Å². The molecule has 3 nitrogen and oxygen atoms in total. The molecule has 0 aromatic carbocycles. The average molecular weight is 252 g/mol. The first-order chi connectivity index (χ1) is 8.65. The fourth-order valence-electron chi connectivity index (χ4n) is 3.92. The molecule has 0 radical (unpaired) electrons. The molecule has 0 N–H and O–H groups in total. The van der Waals surface area contributed by atoms with Crippen LogP contribution < -0.4 is 0 Å². The van der Waals surface area contributed by atoms with E-state index in [9.17, 15) is 9.59 Å². The zero-order valence-corrected chi connectivity index (χ0v) is 11.5. The van der Waals surface area contributed by atoms with Gasteiger partial charge < -0.3 is 4.74 Å². The molecule has 2 fully saturated rings. The second kappa shape index (κ2) is 5.85. The highest BCUT2D eigenvalue weighted by atomic mass is 16.5. The SMILES string of the molecule is COC(=O)[C@H]1CCCC(=O)[C@H]2CCCC[C@H]2C1C. The minimum absolute atomic E-state index is 0.00583. The first-order valence-electron chi connectivity index (χ1n) is 7.25. The lowest BCUT2D eigenvalue weighted by Gasteiger charge is -2.39. The maximum atomic E-state index is 12.2. The van der Waals surface area contributed by atoms with Crippen LogP contribution in [0.25, 0.3) is 0 Å². The lowest BCUT2D eigenvalue weighted by atomic mass is 9.65. The van der Waals surface area contributed by atoms with E-state index in [-0.39, 0.29) is 23.7 Å². The molecule has 0 aromatic rings. The van der Waals surface area contributed by atoms with Gasteiger partial charge in [-0.2, -0.15) is 0 Å². The van der Waals surface area contributed by atoms with Crippen molar-refractivity contribution in [1.82, 2.24) is 0 Å². The molecular formula is C15H24O3. The number of ether oxygens (including phenoxy) is 1. The predicted octanol–water partition coefficient (Wildman–Crippen LogP) is 2.97. The molecule has 102 valence electrons. The smallest absolute Gasteiger partial charge is 0.308 e. The summed E-state index contributed by atoms with van der Waals surface area (Å²) in [6.07, 6.45) is 6.80. The molecule has 2 aliphatic carbocycles. The molecule has 0 amide bonds. The highest BCUT2D eigenvalue weighted by Crippen LogP contribution is 2.42. The maximum absolute atomic E-state index is 12.2. The van der Waals surface area contributed by atoms with Gasteiger partial charge in [-0.3, -0.25) is 9.59 Å². The van der Waals surface area contributed by atoms with E-state index in [4.69, 9.17) is 4.74 Å². The van der Waals surface area contributed by atoms with Gasteiger partial charge in [0.15, 0.2) is 0 Å². The summed E-state index contributed by atoms with van der Waals surface area (Å²) in [5.41, 5.74) is 0. The molecule has 4 atom stereocenters. The molecular weight excluding hydrogens is 228 g/mol. The Labute approximate surface area is 109 Å². The van der Waals surface area contributed by atoms with Gasteiger partial charge >= 0.3 is 5.97 Å². The summed E-state index contributed by atoms with van der Waals surface area (Å²) in [7, 11) is 1.47. The quantitative estimate of drug-likeness (QED) is 0.674. The van der Waals surface area contributed by atoms with Crippen LogP contribution in [0.5, 0.6) is 0 Å². The van der Waals surface area contributed by atoms with E-state index in [0.29, 0.717) is 18.1 Å². The Morgan fingerprint density at radius 3 is 2.61 bits per heavy atom. The molecule has 0 bridgehead atoms. The van der Waals surface area contributed by atoms with Crippen LogP contribution >= 0.6 is 0 Å². The van der Waals surface area contributed by atoms with Crippen LogP contribution in [0, 0.1) is 23.7 Å². The van der Waals surface area contributed by atoms with Crippen molar-refractivity contribution < 1.29 is 14.3 Å². The maximum Gasteiger partial charge on any atom is 0.308 e. The van der Waals surface area contributed by atoms with Gasteiger partial charge in [-0.05, 0) is 37.5 Å².